The van der Waals surface area contributed by atoms with Gasteiger partial charge >= 0.3 is 9.28 Å². The van der Waals surface area contributed by atoms with Crippen molar-refractivity contribution in [2.75, 3.05) is 19.8 Å². The molecule has 0 saturated heterocycles. The molecule has 3 nitrogen and oxygen atoms in total. The molecule has 0 bridgehead atoms. The first-order valence-corrected chi connectivity index (χ1v) is 7.43. The topological polar surface area (TPSA) is 30.8 Å². The van der Waals surface area contributed by atoms with Crippen LogP contribution in [0.2, 0.25) is 5.54 Å². The molecule has 0 aliphatic carbocycles. The van der Waals surface area contributed by atoms with Crippen LogP contribution < -0.4 is 0 Å². The zero-order valence-electron chi connectivity index (χ0n) is 10.7. The second-order valence-electron chi connectivity index (χ2n) is 3.87. The normalized spacial score (nSPS) is 12.9. The van der Waals surface area contributed by atoms with E-state index in [-0.39, 0.29) is 0 Å². The van der Waals surface area contributed by atoms with Crippen molar-refractivity contribution < 1.29 is 8.85 Å². The van der Waals surface area contributed by atoms with E-state index in [1.807, 2.05) is 27.7 Å². The lowest BCUT2D eigenvalue weighted by Crippen LogP contribution is -2.28. The average molecular weight is 231 g/mol. The van der Waals surface area contributed by atoms with Crippen LogP contribution in [0.5, 0.6) is 0 Å². The molecule has 15 heavy (non-hydrogen) atoms. The van der Waals surface area contributed by atoms with E-state index in [1.54, 1.807) is 0 Å². The average Bonchev–Trinajstić information content (AvgIpc) is 2.16. The van der Waals surface area contributed by atoms with Gasteiger partial charge in [0.15, 0.2) is 0 Å². The third-order valence-electron chi connectivity index (χ3n) is 2.14. The van der Waals surface area contributed by atoms with Crippen LogP contribution in [-0.2, 0) is 8.85 Å². The molecule has 0 aromatic carbocycles. The summed E-state index contributed by atoms with van der Waals surface area (Å²) in [6.45, 7) is 12.7. The molecule has 0 amide bonds. The predicted octanol–water partition coefficient (Wildman–Crippen LogP) is 2.54. The van der Waals surface area contributed by atoms with E-state index >= 15 is 0 Å². The Kier molecular flexibility index (Phi) is 8.95. The molecule has 0 aromatic heterocycles. The first-order chi connectivity index (χ1) is 7.11. The highest BCUT2D eigenvalue weighted by Crippen LogP contribution is 2.16. The quantitative estimate of drug-likeness (QED) is 0.475. The van der Waals surface area contributed by atoms with Crippen LogP contribution in [0.15, 0.2) is 4.99 Å². The highest BCUT2D eigenvalue weighted by Gasteiger charge is 2.20. The van der Waals surface area contributed by atoms with E-state index < -0.39 is 9.28 Å². The largest absolute Gasteiger partial charge is 0.397 e. The zero-order valence-corrected chi connectivity index (χ0v) is 11.9. The monoisotopic (exact) mass is 231 g/mol. The van der Waals surface area contributed by atoms with Gasteiger partial charge in [-0.25, -0.2) is 0 Å². The van der Waals surface area contributed by atoms with Crippen LogP contribution in [0.1, 0.15) is 41.0 Å². The summed E-state index contributed by atoms with van der Waals surface area (Å²) in [7, 11) is -1.46. The highest BCUT2D eigenvalue weighted by atomic mass is 28.3. The van der Waals surface area contributed by atoms with Gasteiger partial charge < -0.3 is 8.85 Å². The molecule has 0 heterocycles. The maximum atomic E-state index is 5.67. The van der Waals surface area contributed by atoms with Crippen molar-refractivity contribution in [2.45, 2.75) is 46.6 Å². The van der Waals surface area contributed by atoms with Crippen molar-refractivity contribution in [3.05, 3.63) is 0 Å². The molecule has 90 valence electrons. The Balaban J connectivity index is 3.90. The molecule has 0 aromatic rings. The molecule has 0 aliphatic heterocycles. The van der Waals surface area contributed by atoms with Gasteiger partial charge in [-0.2, -0.15) is 0 Å². The standard InChI is InChI=1S/C11H25NO2Si/c1-6-13-15(14-7-2)11(5)8-9-12-10(3)4/h11,15H,6-9H2,1-5H3. The minimum atomic E-state index is -1.46. The Morgan fingerprint density at radius 3 is 2.13 bits per heavy atom. The molecule has 0 fully saturated rings. The van der Waals surface area contributed by atoms with Crippen molar-refractivity contribution >= 4 is 15.0 Å². The molecule has 0 radical (unpaired) electrons. The first kappa shape index (κ1) is 14.8. The summed E-state index contributed by atoms with van der Waals surface area (Å²) in [6.07, 6.45) is 1.07. The van der Waals surface area contributed by atoms with Gasteiger partial charge in [0.2, 0.25) is 0 Å². The van der Waals surface area contributed by atoms with E-state index in [0.717, 1.165) is 31.9 Å². The Labute approximate surface area is 95.7 Å². The number of nitrogens with zero attached hydrogens (tertiary/aromatic N) is 1. The third-order valence-corrected chi connectivity index (χ3v) is 4.73. The molecule has 0 N–H and O–H groups in total. The van der Waals surface area contributed by atoms with Crippen LogP contribution in [0.25, 0.3) is 0 Å². The van der Waals surface area contributed by atoms with Gasteiger partial charge in [-0.05, 0) is 39.7 Å². The summed E-state index contributed by atoms with van der Waals surface area (Å²) >= 11 is 0. The van der Waals surface area contributed by atoms with E-state index in [0.29, 0.717) is 5.54 Å². The van der Waals surface area contributed by atoms with Crippen molar-refractivity contribution in [3.63, 3.8) is 0 Å². The maximum Gasteiger partial charge on any atom is 0.324 e. The van der Waals surface area contributed by atoms with Gasteiger partial charge in [-0.1, -0.05) is 6.92 Å². The zero-order chi connectivity index (χ0) is 11.7. The fraction of sp³-hybridized carbons (Fsp3) is 0.909. The fourth-order valence-electron chi connectivity index (χ4n) is 1.33. The summed E-state index contributed by atoms with van der Waals surface area (Å²) in [5.41, 5.74) is 1.68. The summed E-state index contributed by atoms with van der Waals surface area (Å²) in [6, 6.07) is 0. The lowest BCUT2D eigenvalue weighted by Gasteiger charge is -2.20. The van der Waals surface area contributed by atoms with Crippen LogP contribution in [0.3, 0.4) is 0 Å². The summed E-state index contributed by atoms with van der Waals surface area (Å²) in [4.78, 5) is 4.39. The SMILES string of the molecule is CCO[SiH](OCC)C(C)CCN=C(C)C. The maximum absolute atomic E-state index is 5.67. The Morgan fingerprint density at radius 1 is 1.20 bits per heavy atom. The molecule has 1 atom stereocenters. The lowest BCUT2D eigenvalue weighted by molar-refractivity contribution is 0.204. The van der Waals surface area contributed by atoms with Crippen LogP contribution in [0.4, 0.5) is 0 Å². The molecule has 4 heteroatoms. The van der Waals surface area contributed by atoms with Crippen LogP contribution in [-0.4, -0.2) is 34.8 Å². The van der Waals surface area contributed by atoms with Gasteiger partial charge in [0, 0.05) is 25.5 Å². The fourth-order valence-corrected chi connectivity index (χ4v) is 3.16. The number of hydrogen-bond acceptors (Lipinski definition) is 3. The van der Waals surface area contributed by atoms with Gasteiger partial charge in [0.25, 0.3) is 0 Å². The highest BCUT2D eigenvalue weighted by molar-refractivity contribution is 6.46. The Bertz CT molecular complexity index is 175. The molecular weight excluding hydrogens is 206 g/mol. The van der Waals surface area contributed by atoms with Crippen molar-refractivity contribution in [1.82, 2.24) is 0 Å². The number of hydrogen-bond donors (Lipinski definition) is 0. The second-order valence-corrected chi connectivity index (χ2v) is 6.42. The Hall–Kier alpha value is -0.193. The minimum Gasteiger partial charge on any atom is -0.397 e. The minimum absolute atomic E-state index is 0.535. The number of aliphatic imine (C=N–C) groups is 1. The molecule has 0 rings (SSSR count). The smallest absolute Gasteiger partial charge is 0.324 e. The predicted molar refractivity (Wildman–Crippen MR) is 68.1 cm³/mol. The molecular formula is C11H25NO2Si. The van der Waals surface area contributed by atoms with Gasteiger partial charge in [-0.15, -0.1) is 0 Å². The Morgan fingerprint density at radius 2 is 1.73 bits per heavy atom. The van der Waals surface area contributed by atoms with Crippen molar-refractivity contribution in [3.8, 4) is 0 Å². The first-order valence-electron chi connectivity index (χ1n) is 5.82. The lowest BCUT2D eigenvalue weighted by atomic mass is 10.3. The third kappa shape index (κ3) is 7.70. The van der Waals surface area contributed by atoms with Crippen LogP contribution >= 0.6 is 0 Å². The summed E-state index contributed by atoms with van der Waals surface area (Å²) in [5, 5.41) is 0. The summed E-state index contributed by atoms with van der Waals surface area (Å²) in [5.74, 6) is 0. The van der Waals surface area contributed by atoms with E-state index in [1.165, 1.54) is 0 Å². The van der Waals surface area contributed by atoms with Crippen molar-refractivity contribution in [1.29, 1.82) is 0 Å². The number of rotatable bonds is 8. The van der Waals surface area contributed by atoms with Gasteiger partial charge in [-0.3, -0.25) is 4.99 Å². The second kappa shape index (κ2) is 9.06. The van der Waals surface area contributed by atoms with E-state index in [9.17, 15) is 0 Å². The summed E-state index contributed by atoms with van der Waals surface area (Å²) < 4.78 is 11.3. The van der Waals surface area contributed by atoms with Crippen LogP contribution in [0, 0.1) is 0 Å². The molecule has 1 unspecified atom stereocenters. The van der Waals surface area contributed by atoms with Crippen molar-refractivity contribution in [2.24, 2.45) is 4.99 Å². The van der Waals surface area contributed by atoms with E-state index in [4.69, 9.17) is 8.85 Å². The van der Waals surface area contributed by atoms with Gasteiger partial charge in [0.05, 0.1) is 0 Å². The molecule has 0 saturated carbocycles. The van der Waals surface area contributed by atoms with E-state index in [2.05, 4.69) is 11.9 Å². The molecule has 0 aliphatic rings. The molecule has 0 spiro atoms. The van der Waals surface area contributed by atoms with Gasteiger partial charge in [0.1, 0.15) is 0 Å².